The molecule has 63 heavy (non-hydrogen) atoms. The average Bonchev–Trinajstić information content (AvgIpc) is 3.91. The number of carboxylic acids is 1. The number of fused-ring (bicyclic) bond motifs is 2. The van der Waals surface area contributed by atoms with Crippen molar-refractivity contribution in [1.29, 1.82) is 0 Å². The lowest BCUT2D eigenvalue weighted by atomic mass is 9.77. The zero-order valence-electron chi connectivity index (χ0n) is 37.5. The second-order valence-electron chi connectivity index (χ2n) is 20.2. The Labute approximate surface area is 379 Å². The van der Waals surface area contributed by atoms with E-state index in [1.807, 2.05) is 51.3 Å². The Hall–Kier alpha value is -3.85. The zero-order chi connectivity index (χ0) is 44.8. The number of pyridine rings is 1. The Bertz CT molecular complexity index is 2190. The molecule has 2 aliphatic heterocycles. The van der Waals surface area contributed by atoms with Gasteiger partial charge in [-0.05, 0) is 66.9 Å². The second-order valence-corrected chi connectivity index (χ2v) is 21.5. The first-order valence-corrected chi connectivity index (χ1v) is 24.2. The summed E-state index contributed by atoms with van der Waals surface area (Å²) in [6.45, 7) is 16.3. The number of rotatable bonds is 18. The number of ketones is 1. The number of thiazole rings is 1. The molecule has 3 aromatic rings. The number of aliphatic carboxylic acids is 1. The summed E-state index contributed by atoms with van der Waals surface area (Å²) in [6.07, 6.45) is 3.91. The van der Waals surface area contributed by atoms with E-state index in [9.17, 15) is 24.3 Å². The predicted molar refractivity (Wildman–Crippen MR) is 240 cm³/mol. The third-order valence-corrected chi connectivity index (χ3v) is 15.3. The van der Waals surface area contributed by atoms with Crippen LogP contribution in [0.5, 0.6) is 11.5 Å². The molecular formula is C48H63ClN4O9S. The zero-order valence-corrected chi connectivity index (χ0v) is 39.1. The molecule has 2 aromatic heterocycles. The number of Topliss-reactive ketones (excluding diaryl/α,β-unsaturated/α-hetero) is 1. The molecule has 3 aliphatic carbocycles. The van der Waals surface area contributed by atoms with Crippen LogP contribution in [0.4, 0.5) is 0 Å². The van der Waals surface area contributed by atoms with Crippen molar-refractivity contribution in [3.8, 4) is 22.9 Å². The molecule has 1 N–H and O–H groups in total. The van der Waals surface area contributed by atoms with Gasteiger partial charge in [0, 0.05) is 55.7 Å². The van der Waals surface area contributed by atoms with Crippen LogP contribution in [-0.4, -0.2) is 113 Å². The topological polar surface area (TPSA) is 158 Å². The largest absolute Gasteiger partial charge is 0.491 e. The van der Waals surface area contributed by atoms with E-state index in [4.69, 9.17) is 40.5 Å². The SMILES string of the molecule is CCC1C[C@]1(CC(=O)[C@@H]1C[C@@H](Oc2cc(-c3csc(CC(C)C)n3)nc3c(Cl)c(OCCN4CCOCC4)ccc23)CN1C(=O)[C@@H](CC(=O)OC1C[C@@H]2C[C@@H]2C1)C(C)(C)C)C(=O)O. The second kappa shape index (κ2) is 18.6. The molecule has 0 radical (unpaired) electrons. The normalized spacial score (nSPS) is 27.3. The average molecular weight is 908 g/mol. The van der Waals surface area contributed by atoms with Gasteiger partial charge in [-0.15, -0.1) is 11.3 Å². The lowest BCUT2D eigenvalue weighted by Gasteiger charge is -2.35. The summed E-state index contributed by atoms with van der Waals surface area (Å²) in [5.74, 6) is -0.295. The van der Waals surface area contributed by atoms with Gasteiger partial charge in [0.2, 0.25) is 5.91 Å². The predicted octanol–water partition coefficient (Wildman–Crippen LogP) is 8.12. The molecule has 2 unspecified atom stereocenters. The van der Waals surface area contributed by atoms with Crippen molar-refractivity contribution >= 4 is 57.5 Å². The summed E-state index contributed by atoms with van der Waals surface area (Å²) in [5.41, 5.74) is -0.0895. The minimum absolute atomic E-state index is 0.0605. The van der Waals surface area contributed by atoms with Crippen molar-refractivity contribution in [2.45, 2.75) is 118 Å². The van der Waals surface area contributed by atoms with E-state index in [-0.39, 0.29) is 49.5 Å². The third kappa shape index (κ3) is 10.2. The minimum atomic E-state index is -1.15. The highest BCUT2D eigenvalue weighted by Crippen LogP contribution is 2.58. The van der Waals surface area contributed by atoms with Gasteiger partial charge in [0.1, 0.15) is 35.3 Å². The monoisotopic (exact) mass is 906 g/mol. The van der Waals surface area contributed by atoms with Crippen LogP contribution in [0.3, 0.4) is 0 Å². The maximum Gasteiger partial charge on any atom is 0.310 e. The fourth-order valence-corrected chi connectivity index (χ4v) is 11.4. The van der Waals surface area contributed by atoms with Crippen LogP contribution in [0.1, 0.15) is 97.9 Å². The lowest BCUT2D eigenvalue weighted by molar-refractivity contribution is -0.157. The minimum Gasteiger partial charge on any atom is -0.491 e. The smallest absolute Gasteiger partial charge is 0.310 e. The van der Waals surface area contributed by atoms with E-state index in [2.05, 4.69) is 18.7 Å². The Morgan fingerprint density at radius 1 is 1.02 bits per heavy atom. The fourth-order valence-electron chi connectivity index (χ4n) is 10.2. The van der Waals surface area contributed by atoms with Gasteiger partial charge in [0.05, 0.1) is 65.5 Å². The summed E-state index contributed by atoms with van der Waals surface area (Å²) in [7, 11) is 0. The molecule has 2 saturated heterocycles. The first-order chi connectivity index (χ1) is 30.0. The number of carbonyl (C=O) groups is 4. The summed E-state index contributed by atoms with van der Waals surface area (Å²) in [6, 6.07) is 4.57. The maximum atomic E-state index is 14.9. The van der Waals surface area contributed by atoms with Crippen molar-refractivity contribution in [2.24, 2.45) is 40.4 Å². The number of nitrogens with zero attached hydrogens (tertiary/aromatic N) is 4. The van der Waals surface area contributed by atoms with Gasteiger partial charge in [-0.25, -0.2) is 9.97 Å². The van der Waals surface area contributed by atoms with Crippen molar-refractivity contribution in [3.63, 3.8) is 0 Å². The van der Waals surface area contributed by atoms with Gasteiger partial charge in [-0.3, -0.25) is 24.1 Å². The Morgan fingerprint density at radius 2 is 1.76 bits per heavy atom. The van der Waals surface area contributed by atoms with E-state index in [1.54, 1.807) is 16.2 Å². The van der Waals surface area contributed by atoms with Crippen molar-refractivity contribution in [1.82, 2.24) is 19.8 Å². The van der Waals surface area contributed by atoms with E-state index in [0.29, 0.717) is 89.2 Å². The number of ether oxygens (including phenoxy) is 4. The summed E-state index contributed by atoms with van der Waals surface area (Å²) in [5, 5.41) is 14.2. The summed E-state index contributed by atoms with van der Waals surface area (Å²) >= 11 is 8.70. The fraction of sp³-hybridized carbons (Fsp3) is 0.667. The molecule has 0 bridgehead atoms. The number of benzene rings is 1. The van der Waals surface area contributed by atoms with Crippen molar-refractivity contribution in [2.75, 3.05) is 46.0 Å². The van der Waals surface area contributed by atoms with Crippen molar-refractivity contribution in [3.05, 3.63) is 33.6 Å². The van der Waals surface area contributed by atoms with Gasteiger partial charge < -0.3 is 29.0 Å². The lowest BCUT2D eigenvalue weighted by Crippen LogP contribution is -2.48. The Kier molecular flexibility index (Phi) is 13.5. The molecule has 5 aliphatic rings. The molecule has 342 valence electrons. The number of carboxylic acid groups (broad SMARTS) is 1. The number of esters is 1. The number of morpholine rings is 1. The number of hydrogen-bond acceptors (Lipinski definition) is 12. The molecule has 8 rings (SSSR count). The molecule has 13 nitrogen and oxygen atoms in total. The molecule has 1 aromatic carbocycles. The summed E-state index contributed by atoms with van der Waals surface area (Å²) in [4.78, 5) is 69.3. The quantitative estimate of drug-likeness (QED) is 0.123. The van der Waals surface area contributed by atoms with Crippen LogP contribution < -0.4 is 9.47 Å². The number of hydrogen-bond donors (Lipinski definition) is 1. The van der Waals surface area contributed by atoms with Gasteiger partial charge in [0.15, 0.2) is 5.78 Å². The van der Waals surface area contributed by atoms with Crippen LogP contribution >= 0.6 is 22.9 Å². The molecule has 3 saturated carbocycles. The van der Waals surface area contributed by atoms with Gasteiger partial charge in [-0.1, -0.05) is 59.6 Å². The van der Waals surface area contributed by atoms with Crippen LogP contribution in [0.15, 0.2) is 23.6 Å². The van der Waals surface area contributed by atoms with E-state index < -0.39 is 40.8 Å². The van der Waals surface area contributed by atoms with Crippen LogP contribution in [0.25, 0.3) is 22.3 Å². The number of carbonyl (C=O) groups excluding carboxylic acids is 3. The highest BCUT2D eigenvalue weighted by Gasteiger charge is 2.61. The van der Waals surface area contributed by atoms with E-state index >= 15 is 0 Å². The maximum absolute atomic E-state index is 14.9. The highest BCUT2D eigenvalue weighted by atomic mass is 35.5. The molecule has 1 amide bonds. The molecule has 4 heterocycles. The Morgan fingerprint density at radius 3 is 2.43 bits per heavy atom. The van der Waals surface area contributed by atoms with Gasteiger partial charge in [0.25, 0.3) is 0 Å². The molecule has 5 fully saturated rings. The first kappa shape index (κ1) is 45.7. The van der Waals surface area contributed by atoms with Crippen LogP contribution in [0.2, 0.25) is 5.02 Å². The standard InChI is InChI=1S/C48H63ClN4O9S/c1-7-30-23-48(30,46(57)58)24-38(54)37-20-32(25-53(37)45(56)34(47(4,5)6)21-42(55)62-31-18-28-17-29(28)19-31)61-40-22-35(36-26-63-41(50-36)16-27(2)3)51-44-33(40)8-9-39(43(44)49)60-15-12-52-10-13-59-14-11-52/h8-9,22,26-32,34,37H,7,10-21,23-25H2,1-6H3,(H,57,58)/t28-,29+,30?,31?,32-,34-,37+,48-/m1/s1. The van der Waals surface area contributed by atoms with Gasteiger partial charge >= 0.3 is 11.9 Å². The summed E-state index contributed by atoms with van der Waals surface area (Å²) < 4.78 is 24.5. The third-order valence-electron chi connectivity index (χ3n) is 14.1. The molecule has 8 atom stereocenters. The van der Waals surface area contributed by atoms with Crippen LogP contribution in [-0.2, 0) is 35.1 Å². The Balaban J connectivity index is 1.09. The van der Waals surface area contributed by atoms with Crippen molar-refractivity contribution < 1.29 is 43.2 Å². The molecular weight excluding hydrogens is 844 g/mol. The molecule has 15 heteroatoms. The number of halogens is 1. The first-order valence-electron chi connectivity index (χ1n) is 23.0. The highest BCUT2D eigenvalue weighted by molar-refractivity contribution is 7.09. The number of amides is 1. The van der Waals surface area contributed by atoms with Crippen LogP contribution in [0, 0.1) is 40.4 Å². The number of aromatic nitrogens is 2. The van der Waals surface area contributed by atoms with E-state index in [1.165, 1.54) is 6.42 Å². The van der Waals surface area contributed by atoms with Gasteiger partial charge in [-0.2, -0.15) is 0 Å². The number of likely N-dealkylation sites (tertiary alicyclic amines) is 1. The molecule has 0 spiro atoms. The van der Waals surface area contributed by atoms with E-state index in [0.717, 1.165) is 43.9 Å².